The van der Waals surface area contributed by atoms with E-state index in [9.17, 15) is 14.9 Å². The van der Waals surface area contributed by atoms with Crippen LogP contribution >= 0.6 is 0 Å². The molecule has 0 saturated carbocycles. The second kappa shape index (κ2) is 9.92. The predicted molar refractivity (Wildman–Crippen MR) is 111 cm³/mol. The number of nitro benzene ring substituents is 1. The maximum absolute atomic E-state index is 12.1. The quantitative estimate of drug-likeness (QED) is 0.421. The zero-order valence-corrected chi connectivity index (χ0v) is 16.2. The number of carbonyl (C=O) groups is 1. The monoisotopic (exact) mass is 408 g/mol. The fourth-order valence-electron chi connectivity index (χ4n) is 2.60. The Hall–Kier alpha value is -4.07. The number of methoxy groups -OCH3 is 1. The number of nitro groups is 1. The van der Waals surface area contributed by atoms with Crippen LogP contribution in [0.2, 0.25) is 0 Å². The van der Waals surface area contributed by atoms with Crippen molar-refractivity contribution in [2.45, 2.75) is 6.61 Å². The van der Waals surface area contributed by atoms with Gasteiger partial charge in [0.1, 0.15) is 29.5 Å². The second-order valence-electron chi connectivity index (χ2n) is 6.22. The zero-order valence-electron chi connectivity index (χ0n) is 16.2. The van der Waals surface area contributed by atoms with Gasteiger partial charge in [0, 0.05) is 0 Å². The summed E-state index contributed by atoms with van der Waals surface area (Å²) in [6.45, 7) is 0.150. The van der Waals surface area contributed by atoms with Gasteiger partial charge in [-0.05, 0) is 42.0 Å². The molecule has 3 aromatic rings. The molecule has 154 valence electrons. The maximum atomic E-state index is 12.1. The number of ether oxygens (including phenoxy) is 3. The van der Waals surface area contributed by atoms with E-state index in [1.54, 1.807) is 24.3 Å². The lowest BCUT2D eigenvalue weighted by Gasteiger charge is -2.10. The fourth-order valence-corrected chi connectivity index (χ4v) is 2.60. The van der Waals surface area contributed by atoms with Gasteiger partial charge in [0.05, 0.1) is 18.1 Å². The summed E-state index contributed by atoms with van der Waals surface area (Å²) < 4.78 is 16.1. The zero-order chi connectivity index (χ0) is 21.3. The van der Waals surface area contributed by atoms with Gasteiger partial charge in [-0.15, -0.1) is 0 Å². The number of nitrogens with one attached hydrogen (secondary N) is 1. The first-order valence-electron chi connectivity index (χ1n) is 9.07. The number of hydrogen-bond acceptors (Lipinski definition) is 6. The van der Waals surface area contributed by atoms with Crippen molar-refractivity contribution in [1.82, 2.24) is 0 Å². The molecule has 0 unspecified atom stereocenters. The molecule has 0 aliphatic heterocycles. The van der Waals surface area contributed by atoms with Crippen LogP contribution in [0.3, 0.4) is 0 Å². The standard InChI is InChI=1S/C22H20N2O6/c1-28-19-11-12-20(21(13-19)24(26)27)23-22(25)15-30-18-9-7-17(8-10-18)29-14-16-5-3-2-4-6-16/h2-13H,14-15H2,1H3,(H,23,25). The van der Waals surface area contributed by atoms with E-state index in [0.29, 0.717) is 23.9 Å². The molecule has 1 amide bonds. The lowest BCUT2D eigenvalue weighted by molar-refractivity contribution is -0.384. The first-order chi connectivity index (χ1) is 14.5. The second-order valence-corrected chi connectivity index (χ2v) is 6.22. The van der Waals surface area contributed by atoms with Crippen LogP contribution in [0, 0.1) is 10.1 Å². The van der Waals surface area contributed by atoms with E-state index in [1.807, 2.05) is 30.3 Å². The van der Waals surface area contributed by atoms with Gasteiger partial charge < -0.3 is 19.5 Å². The van der Waals surface area contributed by atoms with E-state index >= 15 is 0 Å². The summed E-state index contributed by atoms with van der Waals surface area (Å²) in [4.78, 5) is 22.7. The molecule has 3 aromatic carbocycles. The number of anilines is 1. The molecule has 0 aliphatic rings. The van der Waals surface area contributed by atoms with Gasteiger partial charge in [-0.25, -0.2) is 0 Å². The van der Waals surface area contributed by atoms with E-state index in [-0.39, 0.29) is 18.0 Å². The maximum Gasteiger partial charge on any atom is 0.296 e. The van der Waals surface area contributed by atoms with E-state index in [1.165, 1.54) is 25.3 Å². The minimum absolute atomic E-state index is 0.0686. The highest BCUT2D eigenvalue weighted by atomic mass is 16.6. The number of amides is 1. The normalized spacial score (nSPS) is 10.2. The SMILES string of the molecule is COc1ccc(NC(=O)COc2ccc(OCc3ccccc3)cc2)c([N+](=O)[O-])c1. The number of carbonyl (C=O) groups excluding carboxylic acids is 1. The molecule has 0 saturated heterocycles. The molecule has 0 heterocycles. The van der Waals surface area contributed by atoms with Crippen LogP contribution in [0.5, 0.6) is 17.2 Å². The Morgan fingerprint density at radius 2 is 1.57 bits per heavy atom. The Morgan fingerprint density at radius 1 is 0.933 bits per heavy atom. The predicted octanol–water partition coefficient (Wildman–Crippen LogP) is 4.20. The molecule has 3 rings (SSSR count). The molecule has 0 atom stereocenters. The molecule has 0 radical (unpaired) electrons. The van der Waals surface area contributed by atoms with Crippen molar-refractivity contribution in [3.63, 3.8) is 0 Å². The lowest BCUT2D eigenvalue weighted by Crippen LogP contribution is -2.20. The molecule has 8 heteroatoms. The average molecular weight is 408 g/mol. The highest BCUT2D eigenvalue weighted by Gasteiger charge is 2.17. The van der Waals surface area contributed by atoms with Crippen LogP contribution < -0.4 is 19.5 Å². The van der Waals surface area contributed by atoms with Gasteiger partial charge in [0.15, 0.2) is 6.61 Å². The van der Waals surface area contributed by atoms with Crippen LogP contribution in [0.4, 0.5) is 11.4 Å². The molecule has 0 bridgehead atoms. The number of benzene rings is 3. The van der Waals surface area contributed by atoms with Gasteiger partial charge in [-0.1, -0.05) is 30.3 Å². The van der Waals surface area contributed by atoms with Crippen molar-refractivity contribution in [1.29, 1.82) is 0 Å². The highest BCUT2D eigenvalue weighted by Crippen LogP contribution is 2.29. The Morgan fingerprint density at radius 3 is 2.20 bits per heavy atom. The molecule has 0 aliphatic carbocycles. The van der Waals surface area contributed by atoms with Crippen molar-refractivity contribution in [2.24, 2.45) is 0 Å². The van der Waals surface area contributed by atoms with Gasteiger partial charge in [0.25, 0.3) is 11.6 Å². The summed E-state index contributed by atoms with van der Waals surface area (Å²) in [6, 6.07) is 20.8. The lowest BCUT2D eigenvalue weighted by atomic mass is 10.2. The molecular weight excluding hydrogens is 388 g/mol. The van der Waals surface area contributed by atoms with E-state index in [4.69, 9.17) is 14.2 Å². The van der Waals surface area contributed by atoms with Crippen LogP contribution in [-0.2, 0) is 11.4 Å². The number of hydrogen-bond donors (Lipinski definition) is 1. The summed E-state index contributed by atoms with van der Waals surface area (Å²) in [6.07, 6.45) is 0. The van der Waals surface area contributed by atoms with Crippen molar-refractivity contribution < 1.29 is 23.9 Å². The van der Waals surface area contributed by atoms with Crippen LogP contribution in [0.15, 0.2) is 72.8 Å². The Labute approximate surface area is 173 Å². The number of rotatable bonds is 9. The molecule has 8 nitrogen and oxygen atoms in total. The van der Waals surface area contributed by atoms with Gasteiger partial charge in [0.2, 0.25) is 0 Å². The summed E-state index contributed by atoms with van der Waals surface area (Å²) in [5, 5.41) is 13.7. The van der Waals surface area contributed by atoms with Gasteiger partial charge in [-0.2, -0.15) is 0 Å². The van der Waals surface area contributed by atoms with Gasteiger partial charge >= 0.3 is 0 Å². The van der Waals surface area contributed by atoms with Crippen molar-refractivity contribution in [2.75, 3.05) is 19.0 Å². The smallest absolute Gasteiger partial charge is 0.296 e. The summed E-state index contributed by atoms with van der Waals surface area (Å²) in [5.41, 5.74) is 0.865. The Bertz CT molecular complexity index is 1010. The first kappa shape index (κ1) is 20.7. The molecule has 30 heavy (non-hydrogen) atoms. The molecule has 0 spiro atoms. The Kier molecular flexibility index (Phi) is 6.83. The largest absolute Gasteiger partial charge is 0.496 e. The van der Waals surface area contributed by atoms with Crippen LogP contribution in [0.1, 0.15) is 5.56 Å². The Balaban J connectivity index is 1.52. The molecule has 0 fully saturated rings. The first-order valence-corrected chi connectivity index (χ1v) is 9.07. The van der Waals surface area contributed by atoms with Crippen LogP contribution in [-0.4, -0.2) is 24.5 Å². The molecule has 1 N–H and O–H groups in total. The third-order valence-electron chi connectivity index (χ3n) is 4.12. The van der Waals surface area contributed by atoms with Crippen molar-refractivity contribution in [3.05, 3.63) is 88.5 Å². The molecule has 0 aromatic heterocycles. The van der Waals surface area contributed by atoms with E-state index < -0.39 is 10.8 Å². The fraction of sp³-hybridized carbons (Fsp3) is 0.136. The summed E-state index contributed by atoms with van der Waals surface area (Å²) in [5.74, 6) is 0.948. The van der Waals surface area contributed by atoms with Crippen molar-refractivity contribution in [3.8, 4) is 17.2 Å². The average Bonchev–Trinajstić information content (AvgIpc) is 2.78. The summed E-state index contributed by atoms with van der Waals surface area (Å²) in [7, 11) is 1.41. The third-order valence-corrected chi connectivity index (χ3v) is 4.12. The van der Waals surface area contributed by atoms with Crippen molar-refractivity contribution >= 4 is 17.3 Å². The minimum atomic E-state index is -0.590. The third kappa shape index (κ3) is 5.71. The highest BCUT2D eigenvalue weighted by molar-refractivity contribution is 5.94. The van der Waals surface area contributed by atoms with E-state index in [2.05, 4.69) is 5.32 Å². The minimum Gasteiger partial charge on any atom is -0.496 e. The van der Waals surface area contributed by atoms with Crippen LogP contribution in [0.25, 0.3) is 0 Å². The number of nitrogens with zero attached hydrogens (tertiary/aromatic N) is 1. The topological polar surface area (TPSA) is 99.9 Å². The molecular formula is C22H20N2O6. The summed E-state index contributed by atoms with van der Waals surface area (Å²) >= 11 is 0. The van der Waals surface area contributed by atoms with Gasteiger partial charge in [-0.3, -0.25) is 14.9 Å². The van der Waals surface area contributed by atoms with E-state index in [0.717, 1.165) is 5.56 Å².